The van der Waals surface area contributed by atoms with Gasteiger partial charge in [-0.2, -0.15) is 0 Å². The van der Waals surface area contributed by atoms with Crippen LogP contribution in [-0.4, -0.2) is 17.9 Å². The van der Waals surface area contributed by atoms with Gasteiger partial charge in [0.25, 0.3) is 0 Å². The highest BCUT2D eigenvalue weighted by Gasteiger charge is 2.47. The third-order valence-electron chi connectivity index (χ3n) is 3.47. The smallest absolute Gasteiger partial charge is 0.306 e. The van der Waals surface area contributed by atoms with Crippen LogP contribution in [0.25, 0.3) is 0 Å². The molecule has 1 saturated heterocycles. The van der Waals surface area contributed by atoms with Crippen LogP contribution in [0.3, 0.4) is 0 Å². The Bertz CT molecular complexity index is 319. The maximum atomic E-state index is 11.1. The molecule has 2 rings (SSSR count). The van der Waals surface area contributed by atoms with E-state index in [4.69, 9.17) is 4.74 Å². The third kappa shape index (κ3) is 1.96. The number of carbonyl (C=O) groups is 2. The van der Waals surface area contributed by atoms with Gasteiger partial charge in [0.05, 0.1) is 6.42 Å². The molecule has 3 nitrogen and oxygen atoms in total. The molecule has 82 valence electrons. The van der Waals surface area contributed by atoms with E-state index in [1.165, 1.54) is 0 Å². The number of hydrogen-bond acceptors (Lipinski definition) is 3. The molecular weight excluding hydrogens is 192 g/mol. The fourth-order valence-corrected chi connectivity index (χ4v) is 2.76. The monoisotopic (exact) mass is 208 g/mol. The van der Waals surface area contributed by atoms with E-state index in [-0.39, 0.29) is 17.9 Å². The molecule has 15 heavy (non-hydrogen) atoms. The maximum Gasteiger partial charge on any atom is 0.306 e. The van der Waals surface area contributed by atoms with Gasteiger partial charge in [-0.05, 0) is 31.3 Å². The van der Waals surface area contributed by atoms with Gasteiger partial charge in [-0.25, -0.2) is 0 Å². The molecule has 3 heteroatoms. The van der Waals surface area contributed by atoms with Crippen LogP contribution in [-0.2, 0) is 14.3 Å². The summed E-state index contributed by atoms with van der Waals surface area (Å²) < 4.78 is 5.23. The molecule has 0 aromatic carbocycles. The predicted molar refractivity (Wildman–Crippen MR) is 55.1 cm³/mol. The minimum absolute atomic E-state index is 0.0656. The average molecular weight is 208 g/mol. The van der Waals surface area contributed by atoms with Crippen molar-refractivity contribution in [1.29, 1.82) is 0 Å². The minimum Gasteiger partial charge on any atom is -0.462 e. The lowest BCUT2D eigenvalue weighted by Gasteiger charge is -2.14. The van der Waals surface area contributed by atoms with Crippen LogP contribution in [0.1, 0.15) is 26.7 Å². The number of allylic oxidation sites excluding steroid dienone is 2. The molecule has 1 aliphatic carbocycles. The van der Waals surface area contributed by atoms with Crippen molar-refractivity contribution in [2.45, 2.75) is 32.8 Å². The van der Waals surface area contributed by atoms with Crippen molar-refractivity contribution in [3.8, 4) is 0 Å². The highest BCUT2D eigenvalue weighted by Crippen LogP contribution is 2.45. The van der Waals surface area contributed by atoms with Crippen molar-refractivity contribution in [2.75, 3.05) is 0 Å². The van der Waals surface area contributed by atoms with Gasteiger partial charge in [0.2, 0.25) is 0 Å². The van der Waals surface area contributed by atoms with Gasteiger partial charge in [-0.3, -0.25) is 9.59 Å². The second-order valence-electron chi connectivity index (χ2n) is 4.66. The zero-order valence-corrected chi connectivity index (χ0v) is 9.10. The highest BCUT2D eigenvalue weighted by atomic mass is 16.6. The Morgan fingerprint density at radius 2 is 2.27 bits per heavy atom. The summed E-state index contributed by atoms with van der Waals surface area (Å²) >= 11 is 0. The summed E-state index contributed by atoms with van der Waals surface area (Å²) in [5.74, 6) is 1.10. The predicted octanol–water partition coefficient (Wildman–Crippen LogP) is 1.72. The molecule has 1 saturated carbocycles. The molecule has 0 N–H and O–H groups in total. The fraction of sp³-hybridized carbons (Fsp3) is 0.667. The Kier molecular flexibility index (Phi) is 2.63. The summed E-state index contributed by atoms with van der Waals surface area (Å²) in [6, 6.07) is 0. The first kappa shape index (κ1) is 10.4. The molecule has 0 bridgehead atoms. The molecule has 0 amide bonds. The van der Waals surface area contributed by atoms with Gasteiger partial charge in [0.15, 0.2) is 5.78 Å². The zero-order valence-electron chi connectivity index (χ0n) is 9.10. The molecule has 0 aromatic heterocycles. The zero-order chi connectivity index (χ0) is 11.0. The van der Waals surface area contributed by atoms with E-state index in [2.05, 4.69) is 6.92 Å². The van der Waals surface area contributed by atoms with E-state index >= 15 is 0 Å². The second kappa shape index (κ2) is 3.80. The van der Waals surface area contributed by atoms with E-state index in [0.717, 1.165) is 6.42 Å². The highest BCUT2D eigenvalue weighted by molar-refractivity contribution is 5.87. The van der Waals surface area contributed by atoms with Crippen molar-refractivity contribution < 1.29 is 14.3 Å². The molecule has 0 spiro atoms. The number of fused-ring (bicyclic) bond motifs is 1. The maximum absolute atomic E-state index is 11.1. The van der Waals surface area contributed by atoms with Gasteiger partial charge in [-0.1, -0.05) is 13.0 Å². The molecule has 1 aliphatic heterocycles. The van der Waals surface area contributed by atoms with Crippen LogP contribution in [0.5, 0.6) is 0 Å². The average Bonchev–Trinajstić information content (AvgIpc) is 2.57. The molecule has 0 radical (unpaired) electrons. The normalized spacial score (nSPS) is 39.5. The van der Waals surface area contributed by atoms with Gasteiger partial charge >= 0.3 is 5.97 Å². The lowest BCUT2D eigenvalue weighted by molar-refractivity contribution is -0.141. The Morgan fingerprint density at radius 1 is 1.53 bits per heavy atom. The summed E-state index contributed by atoms with van der Waals surface area (Å²) in [5, 5.41) is 0. The third-order valence-corrected chi connectivity index (χ3v) is 3.47. The first-order chi connectivity index (χ1) is 7.08. The van der Waals surface area contributed by atoms with E-state index in [1.54, 1.807) is 13.0 Å². The number of esters is 1. The fourth-order valence-electron chi connectivity index (χ4n) is 2.76. The molecule has 4 atom stereocenters. The Labute approximate surface area is 89.5 Å². The Morgan fingerprint density at radius 3 is 2.93 bits per heavy atom. The van der Waals surface area contributed by atoms with Crippen molar-refractivity contribution in [3.05, 3.63) is 12.2 Å². The van der Waals surface area contributed by atoms with Gasteiger partial charge in [0.1, 0.15) is 6.10 Å². The van der Waals surface area contributed by atoms with Crippen molar-refractivity contribution in [3.63, 3.8) is 0 Å². The van der Waals surface area contributed by atoms with Crippen LogP contribution in [0, 0.1) is 17.8 Å². The molecular formula is C12H16O3. The lowest BCUT2D eigenvalue weighted by atomic mass is 9.88. The molecule has 0 aromatic rings. The lowest BCUT2D eigenvalue weighted by Crippen LogP contribution is -2.13. The molecule has 1 heterocycles. The first-order valence-electron chi connectivity index (χ1n) is 5.46. The molecule has 2 aliphatic rings. The Balaban J connectivity index is 2.10. The van der Waals surface area contributed by atoms with Gasteiger partial charge in [0, 0.05) is 5.92 Å². The number of ether oxygens (including phenoxy) is 1. The number of hydrogen-bond donors (Lipinski definition) is 0. The topological polar surface area (TPSA) is 43.4 Å². The summed E-state index contributed by atoms with van der Waals surface area (Å²) in [6.07, 6.45) is 5.12. The second-order valence-corrected chi connectivity index (χ2v) is 4.66. The van der Waals surface area contributed by atoms with Crippen molar-refractivity contribution in [1.82, 2.24) is 0 Å². The van der Waals surface area contributed by atoms with Crippen LogP contribution in [0.4, 0.5) is 0 Å². The van der Waals surface area contributed by atoms with E-state index in [9.17, 15) is 9.59 Å². The van der Waals surface area contributed by atoms with Gasteiger partial charge in [-0.15, -0.1) is 0 Å². The largest absolute Gasteiger partial charge is 0.462 e. The first-order valence-corrected chi connectivity index (χ1v) is 5.46. The summed E-state index contributed by atoms with van der Waals surface area (Å²) in [4.78, 5) is 22.0. The van der Waals surface area contributed by atoms with Crippen LogP contribution >= 0.6 is 0 Å². The van der Waals surface area contributed by atoms with Crippen molar-refractivity contribution in [2.24, 2.45) is 17.8 Å². The van der Waals surface area contributed by atoms with Gasteiger partial charge < -0.3 is 4.74 Å². The van der Waals surface area contributed by atoms with Crippen LogP contribution < -0.4 is 0 Å². The number of ketones is 1. The van der Waals surface area contributed by atoms with Crippen molar-refractivity contribution >= 4 is 11.8 Å². The molecule has 2 fully saturated rings. The van der Waals surface area contributed by atoms with E-state index in [0.29, 0.717) is 24.2 Å². The number of rotatable bonds is 2. The Hall–Kier alpha value is -1.12. The summed E-state index contributed by atoms with van der Waals surface area (Å²) in [6.45, 7) is 3.70. The number of carbonyl (C=O) groups excluding carboxylic acids is 2. The summed E-state index contributed by atoms with van der Waals surface area (Å²) in [5.41, 5.74) is 0. The standard InChI is InChI=1S/C12H16O3/c1-7-5-11-10(6-12(14)15-11)9(7)4-3-8(2)13/h3-4,7,9-11H,5-6H2,1-2H3/b4-3+/t7-,9+,10-,11+/m1/s1. The van der Waals surface area contributed by atoms with E-state index in [1.807, 2.05) is 6.08 Å². The minimum atomic E-state index is -0.0851. The van der Waals surface area contributed by atoms with E-state index < -0.39 is 0 Å². The van der Waals surface area contributed by atoms with Crippen LogP contribution in [0.2, 0.25) is 0 Å². The van der Waals surface area contributed by atoms with Crippen LogP contribution in [0.15, 0.2) is 12.2 Å². The molecule has 0 unspecified atom stereocenters. The summed E-state index contributed by atoms with van der Waals surface area (Å²) in [7, 11) is 0. The quantitative estimate of drug-likeness (QED) is 0.512. The SMILES string of the molecule is CC(=O)/C=C/[C@@H]1[C@H]2CC(=O)O[C@H]2C[C@H]1C.